The fraction of sp³-hybridized carbons (Fsp3) is 0.286. The van der Waals surface area contributed by atoms with E-state index in [2.05, 4.69) is 27.5 Å². The van der Waals surface area contributed by atoms with Crippen molar-refractivity contribution in [2.45, 2.75) is 24.9 Å². The SMILES string of the molecule is CCCCNC(=O)CSc1nc(Nc2ccc3c(c2)OCO3)c2ccccc2n1. The first-order valence-corrected chi connectivity index (χ1v) is 10.5. The number of hydrogen-bond donors (Lipinski definition) is 2. The molecule has 0 unspecified atom stereocenters. The fourth-order valence-corrected chi connectivity index (χ4v) is 3.59. The molecule has 0 atom stereocenters. The molecule has 3 aromatic rings. The van der Waals surface area contributed by atoms with E-state index < -0.39 is 0 Å². The zero-order valence-electron chi connectivity index (χ0n) is 16.1. The Labute approximate surface area is 173 Å². The van der Waals surface area contributed by atoms with Crippen molar-refractivity contribution in [2.75, 3.05) is 24.4 Å². The van der Waals surface area contributed by atoms with Gasteiger partial charge in [-0.1, -0.05) is 37.2 Å². The summed E-state index contributed by atoms with van der Waals surface area (Å²) in [7, 11) is 0. The number of nitrogens with zero attached hydrogens (tertiary/aromatic N) is 2. The summed E-state index contributed by atoms with van der Waals surface area (Å²) in [4.78, 5) is 21.2. The van der Waals surface area contributed by atoms with Crippen molar-refractivity contribution in [2.24, 2.45) is 0 Å². The van der Waals surface area contributed by atoms with Crippen LogP contribution in [0.15, 0.2) is 47.6 Å². The third-order valence-electron chi connectivity index (χ3n) is 4.40. The Bertz CT molecular complexity index is 1030. The van der Waals surface area contributed by atoms with E-state index in [0.717, 1.165) is 35.2 Å². The van der Waals surface area contributed by atoms with E-state index in [0.29, 0.717) is 23.3 Å². The maximum absolute atomic E-state index is 12.0. The molecule has 0 aliphatic carbocycles. The Hall–Kier alpha value is -3.00. The van der Waals surface area contributed by atoms with Gasteiger partial charge >= 0.3 is 0 Å². The summed E-state index contributed by atoms with van der Waals surface area (Å²) in [5.41, 5.74) is 1.66. The molecular formula is C21H22N4O3S. The molecule has 4 rings (SSSR count). The number of anilines is 2. The number of aromatic nitrogens is 2. The number of fused-ring (bicyclic) bond motifs is 2. The highest BCUT2D eigenvalue weighted by atomic mass is 32.2. The maximum atomic E-state index is 12.0. The molecule has 2 N–H and O–H groups in total. The highest BCUT2D eigenvalue weighted by molar-refractivity contribution is 7.99. The van der Waals surface area contributed by atoms with Gasteiger partial charge in [0.2, 0.25) is 12.7 Å². The van der Waals surface area contributed by atoms with Gasteiger partial charge in [-0.3, -0.25) is 4.79 Å². The summed E-state index contributed by atoms with van der Waals surface area (Å²) in [6.07, 6.45) is 2.03. The van der Waals surface area contributed by atoms with Gasteiger partial charge in [0.25, 0.3) is 0 Å². The summed E-state index contributed by atoms with van der Waals surface area (Å²) in [6.45, 7) is 3.03. The molecule has 0 spiro atoms. The van der Waals surface area contributed by atoms with Crippen LogP contribution in [0.2, 0.25) is 0 Å². The molecule has 2 heterocycles. The van der Waals surface area contributed by atoms with Crippen LogP contribution < -0.4 is 20.1 Å². The summed E-state index contributed by atoms with van der Waals surface area (Å²) >= 11 is 1.33. The first kappa shape index (κ1) is 19.3. The van der Waals surface area contributed by atoms with E-state index in [4.69, 9.17) is 9.47 Å². The van der Waals surface area contributed by atoms with Crippen molar-refractivity contribution < 1.29 is 14.3 Å². The van der Waals surface area contributed by atoms with E-state index in [1.807, 2.05) is 42.5 Å². The van der Waals surface area contributed by atoms with Crippen molar-refractivity contribution in [3.63, 3.8) is 0 Å². The number of unbranched alkanes of at least 4 members (excludes halogenated alkanes) is 1. The smallest absolute Gasteiger partial charge is 0.231 e. The first-order valence-electron chi connectivity index (χ1n) is 9.56. The van der Waals surface area contributed by atoms with Crippen LogP contribution in [0.4, 0.5) is 11.5 Å². The Kier molecular flexibility index (Phi) is 6.00. The predicted octanol–water partition coefficient (Wildman–Crippen LogP) is 4.11. The quantitative estimate of drug-likeness (QED) is 0.328. The van der Waals surface area contributed by atoms with Crippen LogP contribution in [0.5, 0.6) is 11.5 Å². The molecule has 1 aliphatic rings. The number of nitrogens with one attached hydrogen (secondary N) is 2. The van der Waals surface area contributed by atoms with Crippen LogP contribution in [0.3, 0.4) is 0 Å². The number of para-hydroxylation sites is 1. The maximum Gasteiger partial charge on any atom is 0.231 e. The van der Waals surface area contributed by atoms with E-state index in [1.165, 1.54) is 11.8 Å². The second-order valence-corrected chi connectivity index (χ2v) is 7.50. The Morgan fingerprint density at radius 1 is 1.14 bits per heavy atom. The van der Waals surface area contributed by atoms with Crippen molar-refractivity contribution in [1.29, 1.82) is 0 Å². The monoisotopic (exact) mass is 410 g/mol. The van der Waals surface area contributed by atoms with Crippen molar-refractivity contribution >= 4 is 40.1 Å². The summed E-state index contributed by atoms with van der Waals surface area (Å²) < 4.78 is 10.8. The molecule has 1 amide bonds. The normalized spacial score (nSPS) is 12.2. The van der Waals surface area contributed by atoms with Crippen molar-refractivity contribution in [3.8, 4) is 11.5 Å². The van der Waals surface area contributed by atoms with Crippen LogP contribution in [0, 0.1) is 0 Å². The lowest BCUT2D eigenvalue weighted by Gasteiger charge is -2.11. The fourth-order valence-electron chi connectivity index (χ4n) is 2.91. The van der Waals surface area contributed by atoms with Gasteiger partial charge in [0.05, 0.1) is 11.3 Å². The van der Waals surface area contributed by atoms with Crippen LogP contribution in [0.25, 0.3) is 10.9 Å². The second-order valence-electron chi connectivity index (χ2n) is 6.56. The lowest BCUT2D eigenvalue weighted by molar-refractivity contribution is -0.118. The molecule has 1 aliphatic heterocycles. The molecule has 0 bridgehead atoms. The first-order chi connectivity index (χ1) is 14.2. The molecule has 2 aromatic carbocycles. The molecule has 0 saturated carbocycles. The highest BCUT2D eigenvalue weighted by Gasteiger charge is 2.15. The average molecular weight is 410 g/mol. The second kappa shape index (κ2) is 9.00. The number of hydrogen-bond acceptors (Lipinski definition) is 7. The van der Waals surface area contributed by atoms with Crippen LogP contribution >= 0.6 is 11.8 Å². The van der Waals surface area contributed by atoms with Gasteiger partial charge in [0.15, 0.2) is 16.7 Å². The third-order valence-corrected chi connectivity index (χ3v) is 5.25. The summed E-state index contributed by atoms with van der Waals surface area (Å²) in [5, 5.41) is 7.72. The standard InChI is InChI=1S/C21H22N4O3S/c1-2-3-10-22-19(26)12-29-21-24-16-7-5-4-6-15(16)20(25-21)23-14-8-9-17-18(11-14)28-13-27-17/h4-9,11H,2-3,10,12-13H2,1H3,(H,22,26)(H,23,24,25). The lowest BCUT2D eigenvalue weighted by atomic mass is 10.2. The third kappa shape index (κ3) is 4.71. The van der Waals surface area contributed by atoms with Gasteiger partial charge in [-0.2, -0.15) is 0 Å². The van der Waals surface area contributed by atoms with Crippen LogP contribution in [-0.2, 0) is 4.79 Å². The highest BCUT2D eigenvalue weighted by Crippen LogP contribution is 2.36. The average Bonchev–Trinajstić information content (AvgIpc) is 3.20. The molecule has 29 heavy (non-hydrogen) atoms. The number of carbonyl (C=O) groups is 1. The van der Waals surface area contributed by atoms with Crippen LogP contribution in [0.1, 0.15) is 19.8 Å². The Morgan fingerprint density at radius 2 is 2.00 bits per heavy atom. The zero-order valence-corrected chi connectivity index (χ0v) is 16.9. The number of thioether (sulfide) groups is 1. The summed E-state index contributed by atoms with van der Waals surface area (Å²) in [6, 6.07) is 13.5. The molecule has 1 aromatic heterocycles. The van der Waals surface area contributed by atoms with E-state index in [1.54, 1.807) is 0 Å². The van der Waals surface area contributed by atoms with Gasteiger partial charge in [-0.15, -0.1) is 0 Å². The number of carbonyl (C=O) groups excluding carboxylic acids is 1. The minimum Gasteiger partial charge on any atom is -0.454 e. The number of amides is 1. The Morgan fingerprint density at radius 3 is 2.90 bits per heavy atom. The minimum absolute atomic E-state index is 0.00881. The van der Waals surface area contributed by atoms with Gasteiger partial charge in [-0.05, 0) is 30.7 Å². The number of ether oxygens (including phenoxy) is 2. The lowest BCUT2D eigenvalue weighted by Crippen LogP contribution is -2.26. The van der Waals surface area contributed by atoms with Gasteiger partial charge in [0, 0.05) is 23.7 Å². The molecule has 7 nitrogen and oxygen atoms in total. The molecule has 150 valence electrons. The topological polar surface area (TPSA) is 85.4 Å². The number of benzene rings is 2. The van der Waals surface area contributed by atoms with Gasteiger partial charge < -0.3 is 20.1 Å². The van der Waals surface area contributed by atoms with Crippen LogP contribution in [-0.4, -0.2) is 35.0 Å². The van der Waals surface area contributed by atoms with Gasteiger partial charge in [-0.25, -0.2) is 9.97 Å². The van der Waals surface area contributed by atoms with Gasteiger partial charge in [0.1, 0.15) is 5.82 Å². The van der Waals surface area contributed by atoms with Crippen molar-refractivity contribution in [1.82, 2.24) is 15.3 Å². The van der Waals surface area contributed by atoms with Crippen molar-refractivity contribution in [3.05, 3.63) is 42.5 Å². The minimum atomic E-state index is -0.00881. The molecule has 8 heteroatoms. The summed E-state index contributed by atoms with van der Waals surface area (Å²) in [5.74, 6) is 2.39. The van der Waals surface area contributed by atoms with E-state index in [-0.39, 0.29) is 18.5 Å². The predicted molar refractivity (Wildman–Crippen MR) is 114 cm³/mol. The zero-order chi connectivity index (χ0) is 20.1. The molecule has 0 fully saturated rings. The van der Waals surface area contributed by atoms with E-state index in [9.17, 15) is 4.79 Å². The van der Waals surface area contributed by atoms with E-state index >= 15 is 0 Å². The molecular weight excluding hydrogens is 388 g/mol. The molecule has 0 saturated heterocycles. The number of rotatable bonds is 8. The molecule has 0 radical (unpaired) electrons. The Balaban J connectivity index is 1.54. The largest absolute Gasteiger partial charge is 0.454 e.